The Labute approximate surface area is 126 Å². The van der Waals surface area contributed by atoms with Gasteiger partial charge in [-0.1, -0.05) is 5.92 Å². The van der Waals surface area contributed by atoms with Crippen LogP contribution < -0.4 is 5.32 Å². The number of aryl methyl sites for hydroxylation is 2. The third-order valence-electron chi connectivity index (χ3n) is 2.99. The SMILES string of the molecule is C#CCSCCNc1c(C(=O)O)cnc2c1c(C)nn2C. The number of rotatable bonds is 6. The molecule has 0 atom stereocenters. The van der Waals surface area contributed by atoms with Gasteiger partial charge in [0.25, 0.3) is 0 Å². The first-order chi connectivity index (χ1) is 10.1. The largest absolute Gasteiger partial charge is 0.478 e. The second-order valence-corrected chi connectivity index (χ2v) is 5.55. The van der Waals surface area contributed by atoms with Crippen molar-refractivity contribution in [2.24, 2.45) is 7.05 Å². The van der Waals surface area contributed by atoms with Crippen molar-refractivity contribution in [3.05, 3.63) is 17.5 Å². The van der Waals surface area contributed by atoms with Crippen molar-refractivity contribution in [2.75, 3.05) is 23.4 Å². The van der Waals surface area contributed by atoms with E-state index in [1.807, 2.05) is 6.92 Å². The molecule has 2 aromatic rings. The van der Waals surface area contributed by atoms with E-state index in [1.165, 1.54) is 6.20 Å². The van der Waals surface area contributed by atoms with Gasteiger partial charge in [-0.25, -0.2) is 9.78 Å². The summed E-state index contributed by atoms with van der Waals surface area (Å²) in [6, 6.07) is 0. The molecule has 2 rings (SSSR count). The van der Waals surface area contributed by atoms with Crippen LogP contribution in [-0.4, -0.2) is 43.9 Å². The number of carbonyl (C=O) groups is 1. The fourth-order valence-electron chi connectivity index (χ4n) is 2.14. The molecule has 0 aromatic carbocycles. The molecule has 0 saturated heterocycles. The highest BCUT2D eigenvalue weighted by molar-refractivity contribution is 7.99. The van der Waals surface area contributed by atoms with E-state index in [0.717, 1.165) is 16.8 Å². The van der Waals surface area contributed by atoms with Gasteiger partial charge in [0.05, 0.1) is 22.5 Å². The first-order valence-electron chi connectivity index (χ1n) is 6.37. The average molecular weight is 304 g/mol. The maximum absolute atomic E-state index is 11.4. The lowest BCUT2D eigenvalue weighted by Gasteiger charge is -2.10. The van der Waals surface area contributed by atoms with Crippen molar-refractivity contribution in [2.45, 2.75) is 6.92 Å². The summed E-state index contributed by atoms with van der Waals surface area (Å²) in [6.45, 7) is 2.47. The number of thioether (sulfide) groups is 1. The van der Waals surface area contributed by atoms with E-state index >= 15 is 0 Å². The molecule has 0 aliphatic carbocycles. The lowest BCUT2D eigenvalue weighted by atomic mass is 10.1. The van der Waals surface area contributed by atoms with E-state index in [0.29, 0.717) is 23.6 Å². The molecule has 21 heavy (non-hydrogen) atoms. The van der Waals surface area contributed by atoms with Gasteiger partial charge in [-0.2, -0.15) is 5.10 Å². The second-order valence-electron chi connectivity index (χ2n) is 4.44. The number of aromatic nitrogens is 3. The summed E-state index contributed by atoms with van der Waals surface area (Å²) in [6.07, 6.45) is 6.56. The predicted octanol–water partition coefficient (Wildman–Crippen LogP) is 1.75. The van der Waals surface area contributed by atoms with Gasteiger partial charge in [0.15, 0.2) is 5.65 Å². The van der Waals surface area contributed by atoms with Gasteiger partial charge in [-0.05, 0) is 6.92 Å². The zero-order valence-corrected chi connectivity index (χ0v) is 12.7. The molecule has 2 N–H and O–H groups in total. The molecule has 0 fully saturated rings. The Kier molecular flexibility index (Phi) is 4.70. The summed E-state index contributed by atoms with van der Waals surface area (Å²) in [7, 11) is 1.79. The van der Waals surface area contributed by atoms with E-state index in [4.69, 9.17) is 6.42 Å². The van der Waals surface area contributed by atoms with Crippen LogP contribution in [0.3, 0.4) is 0 Å². The number of terminal acetylenes is 1. The van der Waals surface area contributed by atoms with Crippen LogP contribution >= 0.6 is 11.8 Å². The maximum atomic E-state index is 11.4. The number of aromatic carboxylic acids is 1. The molecule has 7 heteroatoms. The monoisotopic (exact) mass is 304 g/mol. The average Bonchev–Trinajstić information content (AvgIpc) is 2.73. The highest BCUT2D eigenvalue weighted by Gasteiger charge is 2.18. The number of carboxylic acids is 1. The van der Waals surface area contributed by atoms with Crippen LogP contribution in [0.25, 0.3) is 11.0 Å². The number of nitrogens with zero attached hydrogens (tertiary/aromatic N) is 3. The third-order valence-corrected chi connectivity index (χ3v) is 3.85. The van der Waals surface area contributed by atoms with Crippen LogP contribution in [0.15, 0.2) is 6.20 Å². The van der Waals surface area contributed by atoms with Crippen molar-refractivity contribution >= 4 is 34.5 Å². The standard InChI is InChI=1S/C14H16N4O2S/c1-4-6-21-7-5-15-12-10(14(19)20)8-16-13-11(12)9(2)17-18(13)3/h1,8H,5-7H2,2-3H3,(H,15,16)(H,19,20). The van der Waals surface area contributed by atoms with Gasteiger partial charge in [0.1, 0.15) is 5.56 Å². The minimum atomic E-state index is -1.01. The Bertz CT molecular complexity index is 718. The predicted molar refractivity (Wildman–Crippen MR) is 84.9 cm³/mol. The Morgan fingerprint density at radius 2 is 2.38 bits per heavy atom. The minimum Gasteiger partial charge on any atom is -0.478 e. The Morgan fingerprint density at radius 1 is 1.62 bits per heavy atom. The number of hydrogen-bond acceptors (Lipinski definition) is 5. The van der Waals surface area contributed by atoms with Gasteiger partial charge in [-0.15, -0.1) is 18.2 Å². The molecule has 6 nitrogen and oxygen atoms in total. The summed E-state index contributed by atoms with van der Waals surface area (Å²) < 4.78 is 1.65. The Balaban J connectivity index is 2.36. The third kappa shape index (κ3) is 3.11. The fourth-order valence-corrected chi connectivity index (χ4v) is 2.65. The second kappa shape index (κ2) is 6.50. The number of hydrogen-bond donors (Lipinski definition) is 2. The van der Waals surface area contributed by atoms with E-state index in [9.17, 15) is 9.90 Å². The Hall–Kier alpha value is -2.20. The first-order valence-corrected chi connectivity index (χ1v) is 7.52. The summed E-state index contributed by atoms with van der Waals surface area (Å²) >= 11 is 1.62. The molecule has 0 aliphatic heterocycles. The van der Waals surface area contributed by atoms with E-state index < -0.39 is 5.97 Å². The van der Waals surface area contributed by atoms with Crippen molar-refractivity contribution in [3.8, 4) is 12.3 Å². The summed E-state index contributed by atoms with van der Waals surface area (Å²) in [5.74, 6) is 2.99. The van der Waals surface area contributed by atoms with Crippen LogP contribution in [0.5, 0.6) is 0 Å². The van der Waals surface area contributed by atoms with Crippen molar-refractivity contribution in [3.63, 3.8) is 0 Å². The quantitative estimate of drug-likeness (QED) is 0.625. The number of pyridine rings is 1. The number of carboxylic acid groups (broad SMARTS) is 1. The fraction of sp³-hybridized carbons (Fsp3) is 0.357. The van der Waals surface area contributed by atoms with Gasteiger partial charge >= 0.3 is 5.97 Å². The van der Waals surface area contributed by atoms with E-state index in [2.05, 4.69) is 21.3 Å². The summed E-state index contributed by atoms with van der Waals surface area (Å²) in [4.78, 5) is 15.6. The summed E-state index contributed by atoms with van der Waals surface area (Å²) in [5.41, 5.74) is 2.14. The molecule has 2 heterocycles. The lowest BCUT2D eigenvalue weighted by molar-refractivity contribution is 0.0697. The highest BCUT2D eigenvalue weighted by atomic mass is 32.2. The smallest absolute Gasteiger partial charge is 0.339 e. The zero-order chi connectivity index (χ0) is 15.4. The van der Waals surface area contributed by atoms with Crippen LogP contribution in [0.4, 0.5) is 5.69 Å². The van der Waals surface area contributed by atoms with E-state index in [-0.39, 0.29) is 5.56 Å². The van der Waals surface area contributed by atoms with Gasteiger partial charge in [0, 0.05) is 25.5 Å². The van der Waals surface area contributed by atoms with Crippen LogP contribution in [0, 0.1) is 19.3 Å². The molecule has 0 saturated carbocycles. The van der Waals surface area contributed by atoms with Crippen LogP contribution in [0.2, 0.25) is 0 Å². The molecule has 0 spiro atoms. The topological polar surface area (TPSA) is 80.0 Å². The lowest BCUT2D eigenvalue weighted by Crippen LogP contribution is -2.11. The first kappa shape index (κ1) is 15.2. The number of fused-ring (bicyclic) bond motifs is 1. The summed E-state index contributed by atoms with van der Waals surface area (Å²) in [5, 5.41) is 17.6. The molecule has 110 valence electrons. The maximum Gasteiger partial charge on any atom is 0.339 e. The van der Waals surface area contributed by atoms with Crippen LogP contribution in [-0.2, 0) is 7.05 Å². The van der Waals surface area contributed by atoms with Crippen molar-refractivity contribution in [1.82, 2.24) is 14.8 Å². The molecule has 0 aliphatic rings. The van der Waals surface area contributed by atoms with Crippen molar-refractivity contribution < 1.29 is 9.90 Å². The van der Waals surface area contributed by atoms with Gasteiger partial charge < -0.3 is 10.4 Å². The molecule has 0 radical (unpaired) electrons. The normalized spacial score (nSPS) is 10.5. The van der Waals surface area contributed by atoms with E-state index in [1.54, 1.807) is 23.5 Å². The molecular formula is C14H16N4O2S. The molecule has 0 amide bonds. The number of nitrogens with one attached hydrogen (secondary N) is 1. The Morgan fingerprint density at radius 3 is 3.05 bits per heavy atom. The van der Waals surface area contributed by atoms with Gasteiger partial charge in [-0.3, -0.25) is 4.68 Å². The molecule has 0 unspecified atom stereocenters. The minimum absolute atomic E-state index is 0.153. The number of anilines is 1. The highest BCUT2D eigenvalue weighted by Crippen LogP contribution is 2.28. The van der Waals surface area contributed by atoms with Gasteiger partial charge in [0.2, 0.25) is 0 Å². The molecule has 0 bridgehead atoms. The molecule has 2 aromatic heterocycles. The zero-order valence-electron chi connectivity index (χ0n) is 11.9. The van der Waals surface area contributed by atoms with Crippen molar-refractivity contribution in [1.29, 1.82) is 0 Å². The molecular weight excluding hydrogens is 288 g/mol. The van der Waals surface area contributed by atoms with Crippen LogP contribution in [0.1, 0.15) is 16.1 Å².